The van der Waals surface area contributed by atoms with Crippen LogP contribution in [0.25, 0.3) is 5.57 Å². The highest BCUT2D eigenvalue weighted by Crippen LogP contribution is 2.26. The van der Waals surface area contributed by atoms with Crippen molar-refractivity contribution in [3.8, 4) is 0 Å². The molecule has 0 aliphatic carbocycles. The highest BCUT2D eigenvalue weighted by Gasteiger charge is 2.36. The molecule has 0 aliphatic rings. The lowest BCUT2D eigenvalue weighted by molar-refractivity contribution is -0.144. The molecule has 0 spiro atoms. The Morgan fingerprint density at radius 3 is 2.50 bits per heavy atom. The van der Waals surface area contributed by atoms with Crippen LogP contribution in [0.2, 0.25) is 0 Å². The first-order valence-corrected chi connectivity index (χ1v) is 10.2. The maximum atomic E-state index is 13.2. The van der Waals surface area contributed by atoms with Crippen molar-refractivity contribution in [1.29, 1.82) is 0 Å². The topological polar surface area (TPSA) is 63.7 Å². The van der Waals surface area contributed by atoms with E-state index in [1.54, 1.807) is 18.2 Å². The van der Waals surface area contributed by atoms with Gasteiger partial charge in [0.2, 0.25) is 10.0 Å². The molecule has 1 aromatic heterocycles. The summed E-state index contributed by atoms with van der Waals surface area (Å²) in [6.45, 7) is 7.61. The Balaban J connectivity index is 2.48. The van der Waals surface area contributed by atoms with E-state index < -0.39 is 22.0 Å². The Morgan fingerprint density at radius 1 is 1.27 bits per heavy atom. The molecule has 138 valence electrons. The highest BCUT2D eigenvalue weighted by atomic mass is 32.2. The monoisotopic (exact) mass is 391 g/mol. The third-order valence-corrected chi connectivity index (χ3v) is 6.62. The average molecular weight is 392 g/mol. The fourth-order valence-corrected chi connectivity index (χ4v) is 4.76. The van der Waals surface area contributed by atoms with Gasteiger partial charge in [-0.25, -0.2) is 8.42 Å². The summed E-state index contributed by atoms with van der Waals surface area (Å²) < 4.78 is 32.4. The van der Waals surface area contributed by atoms with Crippen LogP contribution in [0.5, 0.6) is 0 Å². The molecule has 1 atom stereocenters. The first-order chi connectivity index (χ1) is 12.4. The molecule has 0 N–H and O–H groups in total. The Kier molecular flexibility index (Phi) is 6.90. The van der Waals surface area contributed by atoms with E-state index in [0.717, 1.165) is 9.18 Å². The van der Waals surface area contributed by atoms with Crippen molar-refractivity contribution < 1.29 is 17.9 Å². The van der Waals surface area contributed by atoms with Gasteiger partial charge >= 0.3 is 5.97 Å². The van der Waals surface area contributed by atoms with Crippen LogP contribution in [0, 0.1) is 0 Å². The smallest absolute Gasteiger partial charge is 0.324 e. The first kappa shape index (κ1) is 20.1. The quantitative estimate of drug-likeness (QED) is 0.484. The number of hydrogen-bond acceptors (Lipinski definition) is 5. The minimum Gasteiger partial charge on any atom is -0.468 e. The van der Waals surface area contributed by atoms with Crippen LogP contribution < -0.4 is 0 Å². The van der Waals surface area contributed by atoms with Crippen molar-refractivity contribution in [2.24, 2.45) is 0 Å². The molecule has 0 aliphatic heterocycles. The predicted octanol–water partition coefficient (Wildman–Crippen LogP) is 3.57. The number of carbonyl (C=O) groups excluding carboxylic acids is 1. The lowest BCUT2D eigenvalue weighted by Crippen LogP contribution is -2.46. The van der Waals surface area contributed by atoms with Gasteiger partial charge in [0.25, 0.3) is 0 Å². The highest BCUT2D eigenvalue weighted by molar-refractivity contribution is 7.89. The molecule has 0 bridgehead atoms. The number of rotatable bonds is 9. The normalized spacial score (nSPS) is 12.5. The lowest BCUT2D eigenvalue weighted by Gasteiger charge is -2.29. The minimum absolute atomic E-state index is 0.0225. The van der Waals surface area contributed by atoms with Gasteiger partial charge in [-0.3, -0.25) is 4.79 Å². The van der Waals surface area contributed by atoms with Crippen molar-refractivity contribution in [3.05, 3.63) is 72.0 Å². The van der Waals surface area contributed by atoms with Crippen molar-refractivity contribution in [3.63, 3.8) is 0 Å². The van der Waals surface area contributed by atoms with Crippen LogP contribution in [0.1, 0.15) is 11.3 Å². The Hall–Kier alpha value is -2.22. The van der Waals surface area contributed by atoms with Gasteiger partial charge < -0.3 is 4.74 Å². The van der Waals surface area contributed by atoms with E-state index in [1.807, 2.05) is 17.5 Å². The molecule has 5 nitrogen and oxygen atoms in total. The van der Waals surface area contributed by atoms with Crippen LogP contribution in [-0.4, -0.2) is 38.4 Å². The van der Waals surface area contributed by atoms with Crippen molar-refractivity contribution in [2.75, 3.05) is 13.7 Å². The number of carbonyl (C=O) groups is 1. The molecule has 0 saturated carbocycles. The van der Waals surface area contributed by atoms with E-state index in [9.17, 15) is 13.2 Å². The van der Waals surface area contributed by atoms with Gasteiger partial charge in [-0.1, -0.05) is 36.9 Å². The van der Waals surface area contributed by atoms with Crippen LogP contribution >= 0.6 is 11.3 Å². The van der Waals surface area contributed by atoms with Gasteiger partial charge in [0.05, 0.1) is 12.0 Å². The molecule has 0 fully saturated rings. The van der Waals surface area contributed by atoms with Gasteiger partial charge in [-0.2, -0.15) is 4.31 Å². The molecule has 7 heteroatoms. The molecule has 2 rings (SSSR count). The molecule has 0 saturated heterocycles. The Morgan fingerprint density at radius 2 is 1.96 bits per heavy atom. The number of methoxy groups -OCH3 is 1. The van der Waals surface area contributed by atoms with Gasteiger partial charge in [0.15, 0.2) is 0 Å². The van der Waals surface area contributed by atoms with E-state index in [0.29, 0.717) is 5.57 Å². The second kappa shape index (κ2) is 8.93. The molecule has 1 heterocycles. The largest absolute Gasteiger partial charge is 0.468 e. The summed E-state index contributed by atoms with van der Waals surface area (Å²) in [4.78, 5) is 13.3. The molecule has 26 heavy (non-hydrogen) atoms. The van der Waals surface area contributed by atoms with Gasteiger partial charge in [-0.05, 0) is 35.6 Å². The maximum absolute atomic E-state index is 13.2. The van der Waals surface area contributed by atoms with Crippen LogP contribution in [0.4, 0.5) is 0 Å². The summed E-state index contributed by atoms with van der Waals surface area (Å²) in [5.41, 5.74) is 0.609. The number of nitrogens with zero attached hydrogens (tertiary/aromatic N) is 1. The van der Waals surface area contributed by atoms with Crippen molar-refractivity contribution >= 4 is 32.9 Å². The molecule has 2 aromatic rings. The number of benzene rings is 1. The zero-order valence-corrected chi connectivity index (χ0v) is 16.1. The summed E-state index contributed by atoms with van der Waals surface area (Å²) in [7, 11) is -2.70. The van der Waals surface area contributed by atoms with Gasteiger partial charge in [-0.15, -0.1) is 17.9 Å². The second-order valence-corrected chi connectivity index (χ2v) is 8.35. The minimum atomic E-state index is -3.94. The standard InChI is InChI=1S/C19H21NO4S2/c1-4-9-17(19(21)24-3)20(14-15(2)18-12-8-13-25-18)26(22,23)16-10-6-5-7-11-16/h4-8,10-13,17H,1-2,9,14H2,3H3. The molecular weight excluding hydrogens is 370 g/mol. The number of thiophene rings is 1. The third kappa shape index (κ3) is 4.49. The molecular formula is C19H21NO4S2. The van der Waals surface area contributed by atoms with Crippen LogP contribution in [-0.2, 0) is 19.6 Å². The molecule has 1 unspecified atom stereocenters. The Bertz CT molecular complexity index is 858. The maximum Gasteiger partial charge on any atom is 0.324 e. The summed E-state index contributed by atoms with van der Waals surface area (Å²) in [5, 5.41) is 1.89. The molecule has 0 radical (unpaired) electrons. The third-order valence-electron chi connectivity index (χ3n) is 3.78. The Labute approximate surface area is 158 Å². The number of hydrogen-bond donors (Lipinski definition) is 0. The van der Waals surface area contributed by atoms with Crippen LogP contribution in [0.15, 0.2) is 72.0 Å². The predicted molar refractivity (Wildman–Crippen MR) is 104 cm³/mol. The van der Waals surface area contributed by atoms with E-state index in [2.05, 4.69) is 13.2 Å². The van der Waals surface area contributed by atoms with Crippen molar-refractivity contribution in [2.45, 2.75) is 17.4 Å². The lowest BCUT2D eigenvalue weighted by atomic mass is 10.2. The SMILES string of the molecule is C=CCC(C(=O)OC)N(CC(=C)c1cccs1)S(=O)(=O)c1ccccc1. The summed E-state index contributed by atoms with van der Waals surface area (Å²) >= 11 is 1.46. The number of ether oxygens (including phenoxy) is 1. The summed E-state index contributed by atoms with van der Waals surface area (Å²) in [6, 6.07) is 10.7. The number of sulfonamides is 1. The summed E-state index contributed by atoms with van der Waals surface area (Å²) in [5.74, 6) is -0.636. The number of esters is 1. The van der Waals surface area contributed by atoms with Crippen molar-refractivity contribution in [1.82, 2.24) is 4.31 Å². The van der Waals surface area contributed by atoms with E-state index in [-0.39, 0.29) is 17.9 Å². The van der Waals surface area contributed by atoms with E-state index in [4.69, 9.17) is 4.74 Å². The molecule has 1 aromatic carbocycles. The zero-order chi connectivity index (χ0) is 19.2. The average Bonchev–Trinajstić information content (AvgIpc) is 3.19. The summed E-state index contributed by atoms with van der Waals surface area (Å²) in [6.07, 6.45) is 1.64. The molecule has 0 amide bonds. The fraction of sp³-hybridized carbons (Fsp3) is 0.211. The van der Waals surface area contributed by atoms with Crippen LogP contribution in [0.3, 0.4) is 0 Å². The second-order valence-electron chi connectivity index (χ2n) is 5.51. The van der Waals surface area contributed by atoms with E-state index in [1.165, 1.54) is 36.7 Å². The van der Waals surface area contributed by atoms with Gasteiger partial charge in [0.1, 0.15) is 6.04 Å². The first-order valence-electron chi connectivity index (χ1n) is 7.89. The van der Waals surface area contributed by atoms with E-state index >= 15 is 0 Å². The zero-order valence-electron chi connectivity index (χ0n) is 14.5. The fourth-order valence-electron chi connectivity index (χ4n) is 2.46. The van der Waals surface area contributed by atoms with Gasteiger partial charge in [0, 0.05) is 11.4 Å².